The van der Waals surface area contributed by atoms with E-state index in [0.717, 1.165) is 0 Å². The number of benzene rings is 1. The molecule has 0 atom stereocenters. The zero-order valence-electron chi connectivity index (χ0n) is 12.1. The van der Waals surface area contributed by atoms with Crippen LogP contribution >= 0.6 is 0 Å². The largest absolute Gasteiger partial charge is 0.465 e. The number of hydrogen-bond acceptors (Lipinski definition) is 5. The number of nitrogens with zero attached hydrogens (tertiary/aromatic N) is 4. The Kier molecular flexibility index (Phi) is 4.61. The predicted molar refractivity (Wildman–Crippen MR) is 80.6 cm³/mol. The van der Waals surface area contributed by atoms with E-state index >= 15 is 0 Å². The minimum atomic E-state index is -0.413. The molecule has 0 N–H and O–H groups in total. The van der Waals surface area contributed by atoms with E-state index in [4.69, 9.17) is 4.74 Å². The second-order valence-corrected chi connectivity index (χ2v) is 4.51. The van der Waals surface area contributed by atoms with E-state index in [1.54, 1.807) is 36.9 Å². The van der Waals surface area contributed by atoms with Crippen LogP contribution in [-0.4, -0.2) is 48.4 Å². The van der Waals surface area contributed by atoms with Crippen molar-refractivity contribution in [1.82, 2.24) is 14.9 Å². The average molecular weight is 284 g/mol. The molecule has 6 nitrogen and oxygen atoms in total. The van der Waals surface area contributed by atoms with Crippen LogP contribution in [0.5, 0.6) is 0 Å². The first-order chi connectivity index (χ1) is 10.1. The highest BCUT2D eigenvalue weighted by Gasteiger charge is 2.14. The minimum absolute atomic E-state index is 0.413. The van der Waals surface area contributed by atoms with Crippen molar-refractivity contribution in [2.75, 3.05) is 21.2 Å². The van der Waals surface area contributed by atoms with Crippen molar-refractivity contribution >= 4 is 18.0 Å². The number of carbonyl (C=O) groups excluding carboxylic acids is 1. The van der Waals surface area contributed by atoms with E-state index in [1.165, 1.54) is 7.11 Å². The lowest BCUT2D eigenvalue weighted by Gasteiger charge is -2.06. The van der Waals surface area contributed by atoms with Gasteiger partial charge in [0.15, 0.2) is 5.82 Å². The van der Waals surface area contributed by atoms with E-state index < -0.39 is 5.97 Å². The Morgan fingerprint density at radius 3 is 2.52 bits per heavy atom. The van der Waals surface area contributed by atoms with Gasteiger partial charge in [0.25, 0.3) is 0 Å². The molecule has 0 fully saturated rings. The van der Waals surface area contributed by atoms with Crippen LogP contribution in [0.1, 0.15) is 10.4 Å². The zero-order valence-corrected chi connectivity index (χ0v) is 12.1. The van der Waals surface area contributed by atoms with Crippen LogP contribution in [-0.2, 0) is 4.74 Å². The van der Waals surface area contributed by atoms with E-state index in [2.05, 4.69) is 15.0 Å². The van der Waals surface area contributed by atoms with Crippen LogP contribution in [0.25, 0.3) is 11.4 Å². The highest BCUT2D eigenvalue weighted by molar-refractivity contribution is 5.96. The SMILES string of the molecule is COC(=O)c1ccccc1-c1ncc(N=CN(C)C)cn1. The lowest BCUT2D eigenvalue weighted by molar-refractivity contribution is 0.0601. The fraction of sp³-hybridized carbons (Fsp3) is 0.200. The van der Waals surface area contributed by atoms with Gasteiger partial charge in [-0.2, -0.15) is 0 Å². The molecule has 0 unspecified atom stereocenters. The fourth-order valence-corrected chi connectivity index (χ4v) is 1.68. The van der Waals surface area contributed by atoms with E-state index in [-0.39, 0.29) is 0 Å². The van der Waals surface area contributed by atoms with Gasteiger partial charge in [0.05, 0.1) is 31.4 Å². The van der Waals surface area contributed by atoms with Crippen LogP contribution in [0.2, 0.25) is 0 Å². The molecular formula is C15H16N4O2. The summed E-state index contributed by atoms with van der Waals surface area (Å²) in [6, 6.07) is 7.06. The minimum Gasteiger partial charge on any atom is -0.465 e. The molecule has 0 amide bonds. The molecule has 1 aromatic carbocycles. The van der Waals surface area contributed by atoms with Gasteiger partial charge < -0.3 is 9.64 Å². The van der Waals surface area contributed by atoms with Gasteiger partial charge in [0, 0.05) is 19.7 Å². The second-order valence-electron chi connectivity index (χ2n) is 4.51. The molecule has 0 aliphatic carbocycles. The summed E-state index contributed by atoms with van der Waals surface area (Å²) in [5.41, 5.74) is 1.71. The maximum atomic E-state index is 11.7. The summed E-state index contributed by atoms with van der Waals surface area (Å²) in [4.78, 5) is 26.3. The smallest absolute Gasteiger partial charge is 0.338 e. The van der Waals surface area contributed by atoms with E-state index in [1.807, 2.05) is 25.1 Å². The Morgan fingerprint density at radius 2 is 1.90 bits per heavy atom. The van der Waals surface area contributed by atoms with Crippen LogP contribution in [0.4, 0.5) is 5.69 Å². The maximum Gasteiger partial charge on any atom is 0.338 e. The molecule has 0 saturated heterocycles. The van der Waals surface area contributed by atoms with Crippen molar-refractivity contribution < 1.29 is 9.53 Å². The maximum absolute atomic E-state index is 11.7. The molecule has 0 aliphatic heterocycles. The molecule has 108 valence electrons. The summed E-state index contributed by atoms with van der Waals surface area (Å²) in [5.74, 6) is 0.0451. The molecule has 0 radical (unpaired) electrons. The molecule has 2 aromatic rings. The van der Waals surface area contributed by atoms with Crippen molar-refractivity contribution in [3.8, 4) is 11.4 Å². The predicted octanol–water partition coefficient (Wildman–Crippen LogP) is 2.15. The summed E-state index contributed by atoms with van der Waals surface area (Å²) in [7, 11) is 5.11. The molecule has 1 heterocycles. The van der Waals surface area contributed by atoms with Gasteiger partial charge in [-0.1, -0.05) is 18.2 Å². The number of rotatable bonds is 4. The lowest BCUT2D eigenvalue weighted by atomic mass is 10.1. The molecule has 0 bridgehead atoms. The zero-order chi connectivity index (χ0) is 15.2. The number of methoxy groups -OCH3 is 1. The fourth-order valence-electron chi connectivity index (χ4n) is 1.68. The van der Waals surface area contributed by atoms with Crippen LogP contribution < -0.4 is 0 Å². The van der Waals surface area contributed by atoms with Crippen molar-refractivity contribution in [1.29, 1.82) is 0 Å². The number of esters is 1. The first kappa shape index (κ1) is 14.6. The van der Waals surface area contributed by atoms with Gasteiger partial charge in [0.2, 0.25) is 0 Å². The molecular weight excluding hydrogens is 268 g/mol. The van der Waals surface area contributed by atoms with Gasteiger partial charge in [-0.3, -0.25) is 0 Å². The quantitative estimate of drug-likeness (QED) is 0.489. The highest BCUT2D eigenvalue weighted by Crippen LogP contribution is 2.21. The van der Waals surface area contributed by atoms with Crippen LogP contribution in [0.15, 0.2) is 41.7 Å². The molecule has 0 spiro atoms. The van der Waals surface area contributed by atoms with Crippen LogP contribution in [0, 0.1) is 0 Å². The van der Waals surface area contributed by atoms with Crippen molar-refractivity contribution in [3.05, 3.63) is 42.2 Å². The summed E-state index contributed by atoms with van der Waals surface area (Å²) in [6.45, 7) is 0. The number of hydrogen-bond donors (Lipinski definition) is 0. The highest BCUT2D eigenvalue weighted by atomic mass is 16.5. The second kappa shape index (κ2) is 6.60. The monoisotopic (exact) mass is 284 g/mol. The third-order valence-electron chi connectivity index (χ3n) is 2.65. The van der Waals surface area contributed by atoms with E-state index in [0.29, 0.717) is 22.6 Å². The number of carbonyl (C=O) groups is 1. The van der Waals surface area contributed by atoms with Gasteiger partial charge in [-0.15, -0.1) is 0 Å². The summed E-state index contributed by atoms with van der Waals surface area (Å²) in [5, 5.41) is 0. The first-order valence-corrected chi connectivity index (χ1v) is 6.32. The molecule has 21 heavy (non-hydrogen) atoms. The molecule has 2 rings (SSSR count). The third-order valence-corrected chi connectivity index (χ3v) is 2.65. The number of ether oxygens (including phenoxy) is 1. The van der Waals surface area contributed by atoms with Crippen molar-refractivity contribution in [3.63, 3.8) is 0 Å². The Hall–Kier alpha value is -2.76. The normalized spacial score (nSPS) is 10.6. The van der Waals surface area contributed by atoms with Gasteiger partial charge in [-0.05, 0) is 6.07 Å². The number of aromatic nitrogens is 2. The average Bonchev–Trinajstić information content (AvgIpc) is 2.52. The Balaban J connectivity index is 2.33. The Bertz CT molecular complexity index is 651. The lowest BCUT2D eigenvalue weighted by Crippen LogP contribution is -2.07. The molecule has 0 saturated carbocycles. The Labute approximate surface area is 123 Å². The standard InChI is InChI=1S/C15H16N4O2/c1-19(2)10-18-11-8-16-14(17-9-11)12-6-4-5-7-13(12)15(20)21-3/h4-10H,1-3H3. The molecule has 6 heteroatoms. The van der Waals surface area contributed by atoms with Gasteiger partial charge in [0.1, 0.15) is 5.69 Å². The van der Waals surface area contributed by atoms with E-state index in [9.17, 15) is 4.79 Å². The Morgan fingerprint density at radius 1 is 1.24 bits per heavy atom. The topological polar surface area (TPSA) is 67.7 Å². The van der Waals surface area contributed by atoms with Gasteiger partial charge >= 0.3 is 5.97 Å². The molecule has 0 aliphatic rings. The first-order valence-electron chi connectivity index (χ1n) is 6.32. The molecule has 1 aromatic heterocycles. The van der Waals surface area contributed by atoms with Crippen LogP contribution in [0.3, 0.4) is 0 Å². The van der Waals surface area contributed by atoms with Crippen molar-refractivity contribution in [2.45, 2.75) is 0 Å². The van der Waals surface area contributed by atoms with Crippen molar-refractivity contribution in [2.24, 2.45) is 4.99 Å². The summed E-state index contributed by atoms with van der Waals surface area (Å²) < 4.78 is 4.76. The summed E-state index contributed by atoms with van der Waals surface area (Å²) >= 11 is 0. The van der Waals surface area contributed by atoms with Gasteiger partial charge in [-0.25, -0.2) is 19.8 Å². The summed E-state index contributed by atoms with van der Waals surface area (Å²) in [6.07, 6.45) is 4.88. The number of aliphatic imine (C=N–C) groups is 1. The third kappa shape index (κ3) is 3.62.